The second kappa shape index (κ2) is 12.1. The molecule has 1 aromatic heterocycles. The number of nitrogens with one attached hydrogen (secondary N) is 3. The smallest absolute Gasteiger partial charge is 0.326 e. The van der Waals surface area contributed by atoms with Crippen LogP contribution in [0.1, 0.15) is 31.7 Å². The van der Waals surface area contributed by atoms with Gasteiger partial charge in [0.15, 0.2) is 0 Å². The van der Waals surface area contributed by atoms with Gasteiger partial charge < -0.3 is 31.4 Å². The molecule has 0 radical (unpaired) electrons. The van der Waals surface area contributed by atoms with E-state index in [4.69, 9.17) is 5.73 Å². The van der Waals surface area contributed by atoms with Crippen LogP contribution in [0.15, 0.2) is 30.5 Å². The lowest BCUT2D eigenvalue weighted by molar-refractivity contribution is -0.144. The summed E-state index contributed by atoms with van der Waals surface area (Å²) in [6, 6.07) is 4.22. The highest BCUT2D eigenvalue weighted by atomic mass is 32.2. The zero-order valence-electron chi connectivity index (χ0n) is 20.0. The topological polar surface area (TPSA) is 158 Å². The van der Waals surface area contributed by atoms with Crippen LogP contribution >= 0.6 is 11.8 Å². The van der Waals surface area contributed by atoms with E-state index >= 15 is 0 Å². The van der Waals surface area contributed by atoms with Crippen molar-refractivity contribution in [3.8, 4) is 0 Å². The van der Waals surface area contributed by atoms with Crippen LogP contribution in [-0.4, -0.2) is 81.4 Å². The largest absolute Gasteiger partial charge is 0.480 e. The predicted octanol–water partition coefficient (Wildman–Crippen LogP) is 0.856. The van der Waals surface area contributed by atoms with Crippen LogP contribution < -0.4 is 16.4 Å². The standard InChI is InChI=1S/C24H33N5O5S/c1-14(27-21(30)17(25)12-15-13-26-18-7-4-3-6-16(15)18)23(32)29-10-5-8-20(29)22(31)28-19(24(33)34)9-11-35-2/h3-4,6-7,13-14,17,19-20,26H,5,8-12,25H2,1-2H3,(H,27,30)(H,28,31)(H,33,34). The van der Waals surface area contributed by atoms with Gasteiger partial charge in [-0.05, 0) is 56.2 Å². The SMILES string of the molecule is CSCCC(NC(=O)C1CCCN1C(=O)C(C)NC(=O)C(N)Cc1c[nH]c2ccccc12)C(=O)O. The summed E-state index contributed by atoms with van der Waals surface area (Å²) in [5.74, 6) is -1.86. The summed E-state index contributed by atoms with van der Waals surface area (Å²) in [4.78, 5) is 54.6. The number of carboxylic acid groups (broad SMARTS) is 1. The third kappa shape index (κ3) is 6.55. The quantitative estimate of drug-likeness (QED) is 0.304. The summed E-state index contributed by atoms with van der Waals surface area (Å²) in [5, 5.41) is 15.6. The van der Waals surface area contributed by atoms with Gasteiger partial charge in [0.25, 0.3) is 0 Å². The van der Waals surface area contributed by atoms with Gasteiger partial charge >= 0.3 is 5.97 Å². The maximum absolute atomic E-state index is 13.1. The summed E-state index contributed by atoms with van der Waals surface area (Å²) >= 11 is 1.49. The molecule has 1 aliphatic heterocycles. The summed E-state index contributed by atoms with van der Waals surface area (Å²) in [6.45, 7) is 1.92. The molecule has 1 aliphatic rings. The number of H-pyrrole nitrogens is 1. The number of amides is 3. The van der Waals surface area contributed by atoms with Crippen LogP contribution in [-0.2, 0) is 25.6 Å². The van der Waals surface area contributed by atoms with E-state index in [1.807, 2.05) is 36.7 Å². The number of benzene rings is 1. The van der Waals surface area contributed by atoms with Crippen LogP contribution in [0.3, 0.4) is 0 Å². The molecule has 2 heterocycles. The number of hydrogen-bond acceptors (Lipinski definition) is 6. The molecule has 0 bridgehead atoms. The zero-order chi connectivity index (χ0) is 25.5. The second-order valence-electron chi connectivity index (χ2n) is 8.77. The molecule has 4 unspecified atom stereocenters. The molecule has 10 nitrogen and oxygen atoms in total. The normalized spacial score (nSPS) is 18.1. The Kier molecular flexibility index (Phi) is 9.16. The highest BCUT2D eigenvalue weighted by Gasteiger charge is 2.37. The summed E-state index contributed by atoms with van der Waals surface area (Å²) in [6.07, 6.45) is 5.34. The van der Waals surface area contributed by atoms with E-state index in [1.54, 1.807) is 6.92 Å². The Morgan fingerprint density at radius 2 is 2.00 bits per heavy atom. The number of likely N-dealkylation sites (tertiary alicyclic amines) is 1. The number of para-hydroxylation sites is 1. The fourth-order valence-electron chi connectivity index (χ4n) is 4.33. The van der Waals surface area contributed by atoms with Gasteiger partial charge in [-0.1, -0.05) is 18.2 Å². The molecule has 35 heavy (non-hydrogen) atoms. The van der Waals surface area contributed by atoms with Crippen molar-refractivity contribution in [1.82, 2.24) is 20.5 Å². The lowest BCUT2D eigenvalue weighted by atomic mass is 10.0. The van der Waals surface area contributed by atoms with Crippen molar-refractivity contribution in [1.29, 1.82) is 0 Å². The number of hydrogen-bond donors (Lipinski definition) is 5. The Morgan fingerprint density at radius 1 is 1.26 bits per heavy atom. The number of carbonyl (C=O) groups is 4. The number of nitrogens with zero attached hydrogens (tertiary/aromatic N) is 1. The van der Waals surface area contributed by atoms with Gasteiger partial charge in [-0.3, -0.25) is 14.4 Å². The average Bonchev–Trinajstić information content (AvgIpc) is 3.48. The third-order valence-corrected chi connectivity index (χ3v) is 6.89. The molecule has 0 aliphatic carbocycles. The van der Waals surface area contributed by atoms with E-state index < -0.39 is 47.9 Å². The van der Waals surface area contributed by atoms with E-state index in [9.17, 15) is 24.3 Å². The molecule has 2 aromatic rings. The molecule has 3 amide bonds. The van der Waals surface area contributed by atoms with Gasteiger partial charge in [-0.25, -0.2) is 4.79 Å². The van der Waals surface area contributed by atoms with Crippen molar-refractivity contribution in [3.63, 3.8) is 0 Å². The van der Waals surface area contributed by atoms with Crippen LogP contribution in [0.2, 0.25) is 0 Å². The van der Waals surface area contributed by atoms with Gasteiger partial charge in [0.05, 0.1) is 6.04 Å². The molecular formula is C24H33N5O5S. The Labute approximate surface area is 208 Å². The minimum absolute atomic E-state index is 0.295. The monoisotopic (exact) mass is 503 g/mol. The summed E-state index contributed by atoms with van der Waals surface area (Å²) in [7, 11) is 0. The maximum Gasteiger partial charge on any atom is 0.326 e. The fraction of sp³-hybridized carbons (Fsp3) is 0.500. The number of aromatic amines is 1. The van der Waals surface area contributed by atoms with Gasteiger partial charge in [0.2, 0.25) is 17.7 Å². The van der Waals surface area contributed by atoms with Crippen molar-refractivity contribution in [2.24, 2.45) is 5.73 Å². The number of fused-ring (bicyclic) bond motifs is 1. The lowest BCUT2D eigenvalue weighted by Crippen LogP contribution is -2.56. The Bertz CT molecular complexity index is 1070. The van der Waals surface area contributed by atoms with E-state index in [-0.39, 0.29) is 0 Å². The average molecular weight is 504 g/mol. The molecule has 190 valence electrons. The summed E-state index contributed by atoms with van der Waals surface area (Å²) < 4.78 is 0. The molecule has 3 rings (SSSR count). The third-order valence-electron chi connectivity index (χ3n) is 6.24. The first-order valence-electron chi connectivity index (χ1n) is 11.7. The first kappa shape index (κ1) is 26.6. The van der Waals surface area contributed by atoms with Crippen molar-refractivity contribution in [2.45, 2.75) is 56.8 Å². The lowest BCUT2D eigenvalue weighted by Gasteiger charge is -2.28. The van der Waals surface area contributed by atoms with Crippen LogP contribution in [0.4, 0.5) is 0 Å². The van der Waals surface area contributed by atoms with Crippen molar-refractivity contribution >= 4 is 46.4 Å². The van der Waals surface area contributed by atoms with Gasteiger partial charge in [0.1, 0.15) is 18.1 Å². The zero-order valence-corrected chi connectivity index (χ0v) is 20.8. The molecule has 0 saturated carbocycles. The number of aromatic nitrogens is 1. The van der Waals surface area contributed by atoms with Crippen LogP contribution in [0.25, 0.3) is 10.9 Å². The molecule has 1 saturated heterocycles. The minimum atomic E-state index is -1.10. The first-order chi connectivity index (χ1) is 16.7. The number of carboxylic acids is 1. The number of aliphatic carboxylic acids is 1. The highest BCUT2D eigenvalue weighted by molar-refractivity contribution is 7.98. The van der Waals surface area contributed by atoms with Gasteiger partial charge in [-0.15, -0.1) is 0 Å². The molecule has 0 spiro atoms. The first-order valence-corrected chi connectivity index (χ1v) is 13.1. The molecule has 1 aromatic carbocycles. The number of thioether (sulfide) groups is 1. The Balaban J connectivity index is 1.57. The van der Waals surface area contributed by atoms with Crippen LogP contribution in [0.5, 0.6) is 0 Å². The second-order valence-corrected chi connectivity index (χ2v) is 9.76. The van der Waals surface area contributed by atoms with Crippen molar-refractivity contribution in [3.05, 3.63) is 36.0 Å². The number of carbonyl (C=O) groups excluding carboxylic acids is 3. The van der Waals surface area contributed by atoms with E-state index in [0.717, 1.165) is 16.5 Å². The van der Waals surface area contributed by atoms with Gasteiger partial charge in [0, 0.05) is 23.6 Å². The van der Waals surface area contributed by atoms with E-state index in [0.29, 0.717) is 38.0 Å². The van der Waals surface area contributed by atoms with E-state index in [2.05, 4.69) is 15.6 Å². The molecule has 11 heteroatoms. The van der Waals surface area contributed by atoms with Crippen LogP contribution in [0, 0.1) is 0 Å². The molecule has 4 atom stereocenters. The maximum atomic E-state index is 13.1. The number of nitrogens with two attached hydrogens (primary N) is 1. The molecule has 1 fully saturated rings. The van der Waals surface area contributed by atoms with Gasteiger partial charge in [-0.2, -0.15) is 11.8 Å². The number of rotatable bonds is 11. The Morgan fingerprint density at radius 3 is 2.71 bits per heavy atom. The molecule has 6 N–H and O–H groups in total. The molecular weight excluding hydrogens is 470 g/mol. The Hall–Kier alpha value is -3.05. The fourth-order valence-corrected chi connectivity index (χ4v) is 4.80. The van der Waals surface area contributed by atoms with Crippen molar-refractivity contribution in [2.75, 3.05) is 18.6 Å². The van der Waals surface area contributed by atoms with Crippen molar-refractivity contribution < 1.29 is 24.3 Å². The summed E-state index contributed by atoms with van der Waals surface area (Å²) in [5.41, 5.74) is 7.99. The highest BCUT2D eigenvalue weighted by Crippen LogP contribution is 2.20. The van der Waals surface area contributed by atoms with E-state index in [1.165, 1.54) is 16.7 Å². The predicted molar refractivity (Wildman–Crippen MR) is 135 cm³/mol. The minimum Gasteiger partial charge on any atom is -0.480 e.